The first kappa shape index (κ1) is 14.5. The van der Waals surface area contributed by atoms with Crippen molar-refractivity contribution in [1.82, 2.24) is 15.6 Å². The zero-order chi connectivity index (χ0) is 15.1. The number of nitrogen functional groups attached to an aromatic ring is 1. The summed E-state index contributed by atoms with van der Waals surface area (Å²) in [7, 11) is 0. The van der Waals surface area contributed by atoms with Gasteiger partial charge in [-0.3, -0.25) is 14.6 Å². The highest BCUT2D eigenvalue weighted by Gasteiger charge is 2.06. The Morgan fingerprint density at radius 2 is 1.57 bits per heavy atom. The van der Waals surface area contributed by atoms with Gasteiger partial charge in [0.2, 0.25) is 0 Å². The fourth-order valence-corrected chi connectivity index (χ4v) is 1.69. The van der Waals surface area contributed by atoms with Gasteiger partial charge in [0, 0.05) is 36.7 Å². The molecule has 0 bridgehead atoms. The van der Waals surface area contributed by atoms with E-state index < -0.39 is 0 Å². The van der Waals surface area contributed by atoms with E-state index in [4.69, 9.17) is 5.73 Å². The minimum absolute atomic E-state index is 0.203. The topological polar surface area (TPSA) is 97.1 Å². The van der Waals surface area contributed by atoms with Gasteiger partial charge in [-0.2, -0.15) is 0 Å². The maximum atomic E-state index is 11.8. The quantitative estimate of drug-likeness (QED) is 0.559. The molecular weight excluding hydrogens is 268 g/mol. The number of benzene rings is 1. The van der Waals surface area contributed by atoms with Crippen LogP contribution < -0.4 is 16.4 Å². The van der Waals surface area contributed by atoms with Gasteiger partial charge in [0.05, 0.1) is 5.56 Å². The Balaban J connectivity index is 1.73. The van der Waals surface area contributed by atoms with Crippen molar-refractivity contribution in [3.05, 3.63) is 59.9 Å². The van der Waals surface area contributed by atoms with E-state index in [2.05, 4.69) is 15.6 Å². The number of carbonyl (C=O) groups excluding carboxylic acids is 2. The molecule has 1 heterocycles. The Morgan fingerprint density at radius 1 is 0.952 bits per heavy atom. The summed E-state index contributed by atoms with van der Waals surface area (Å²) < 4.78 is 0. The van der Waals surface area contributed by atoms with Crippen LogP contribution in [0.4, 0.5) is 5.69 Å². The highest BCUT2D eigenvalue weighted by atomic mass is 16.2. The second-order valence-electron chi connectivity index (χ2n) is 4.38. The van der Waals surface area contributed by atoms with Crippen molar-refractivity contribution in [2.45, 2.75) is 0 Å². The average Bonchev–Trinajstić information content (AvgIpc) is 2.52. The van der Waals surface area contributed by atoms with Gasteiger partial charge in [0.1, 0.15) is 0 Å². The lowest BCUT2D eigenvalue weighted by atomic mass is 10.2. The van der Waals surface area contributed by atoms with Crippen molar-refractivity contribution in [3.8, 4) is 0 Å². The minimum atomic E-state index is -0.218. The number of amides is 2. The Kier molecular flexibility index (Phi) is 4.87. The van der Waals surface area contributed by atoms with Gasteiger partial charge in [-0.05, 0) is 36.4 Å². The molecule has 0 atom stereocenters. The number of carbonyl (C=O) groups is 2. The molecule has 0 saturated carbocycles. The molecule has 108 valence electrons. The van der Waals surface area contributed by atoms with Crippen molar-refractivity contribution >= 4 is 17.5 Å². The predicted octanol–water partition coefficient (Wildman–Crippen LogP) is 0.824. The second kappa shape index (κ2) is 7.04. The van der Waals surface area contributed by atoms with Gasteiger partial charge in [-0.25, -0.2) is 0 Å². The van der Waals surface area contributed by atoms with Crippen molar-refractivity contribution in [3.63, 3.8) is 0 Å². The molecule has 0 saturated heterocycles. The normalized spacial score (nSPS) is 9.90. The number of nitrogens with two attached hydrogens (primary N) is 1. The number of hydrogen-bond donors (Lipinski definition) is 3. The summed E-state index contributed by atoms with van der Waals surface area (Å²) in [4.78, 5) is 27.4. The highest BCUT2D eigenvalue weighted by Crippen LogP contribution is 2.04. The van der Waals surface area contributed by atoms with Crippen LogP contribution in [0.3, 0.4) is 0 Å². The molecule has 6 heteroatoms. The zero-order valence-corrected chi connectivity index (χ0v) is 11.4. The third-order valence-corrected chi connectivity index (χ3v) is 2.79. The summed E-state index contributed by atoms with van der Waals surface area (Å²) in [5.41, 5.74) is 7.18. The molecule has 0 unspecified atom stereocenters. The van der Waals surface area contributed by atoms with Gasteiger partial charge >= 0.3 is 0 Å². The van der Waals surface area contributed by atoms with E-state index in [-0.39, 0.29) is 11.8 Å². The van der Waals surface area contributed by atoms with E-state index in [0.717, 1.165) is 0 Å². The molecule has 0 radical (unpaired) electrons. The summed E-state index contributed by atoms with van der Waals surface area (Å²) in [5, 5.41) is 5.42. The Labute approximate surface area is 122 Å². The van der Waals surface area contributed by atoms with Crippen LogP contribution in [0.15, 0.2) is 48.8 Å². The lowest BCUT2D eigenvalue weighted by molar-refractivity contribution is 0.0927. The molecule has 0 fully saturated rings. The fraction of sp³-hybridized carbons (Fsp3) is 0.133. The molecule has 0 aliphatic rings. The monoisotopic (exact) mass is 284 g/mol. The molecule has 0 spiro atoms. The van der Waals surface area contributed by atoms with Crippen LogP contribution in [-0.4, -0.2) is 29.9 Å². The third kappa shape index (κ3) is 4.31. The van der Waals surface area contributed by atoms with Gasteiger partial charge in [0.25, 0.3) is 11.8 Å². The van der Waals surface area contributed by atoms with Crippen LogP contribution in [0.1, 0.15) is 20.7 Å². The summed E-state index contributed by atoms with van der Waals surface area (Å²) in [6.07, 6.45) is 3.09. The minimum Gasteiger partial charge on any atom is -0.399 e. The average molecular weight is 284 g/mol. The fourth-order valence-electron chi connectivity index (χ4n) is 1.69. The number of nitrogens with zero attached hydrogens (tertiary/aromatic N) is 1. The van der Waals surface area contributed by atoms with Crippen molar-refractivity contribution < 1.29 is 9.59 Å². The number of pyridine rings is 1. The molecule has 0 aliphatic carbocycles. The van der Waals surface area contributed by atoms with Gasteiger partial charge in [-0.1, -0.05) is 0 Å². The van der Waals surface area contributed by atoms with Crippen LogP contribution in [0.5, 0.6) is 0 Å². The first-order valence-electron chi connectivity index (χ1n) is 6.49. The number of hydrogen-bond acceptors (Lipinski definition) is 4. The highest BCUT2D eigenvalue weighted by molar-refractivity contribution is 5.95. The Hall–Kier alpha value is -2.89. The smallest absolute Gasteiger partial charge is 0.252 e. The van der Waals surface area contributed by atoms with Crippen molar-refractivity contribution in [1.29, 1.82) is 0 Å². The second-order valence-corrected chi connectivity index (χ2v) is 4.38. The molecule has 2 rings (SSSR count). The van der Waals surface area contributed by atoms with Gasteiger partial charge in [0.15, 0.2) is 0 Å². The van der Waals surface area contributed by atoms with Crippen molar-refractivity contribution in [2.75, 3.05) is 18.8 Å². The van der Waals surface area contributed by atoms with E-state index in [0.29, 0.717) is 29.9 Å². The van der Waals surface area contributed by atoms with Crippen molar-refractivity contribution in [2.24, 2.45) is 0 Å². The summed E-state index contributed by atoms with van der Waals surface area (Å²) in [6.45, 7) is 0.684. The molecule has 2 amide bonds. The van der Waals surface area contributed by atoms with Crippen LogP contribution in [0, 0.1) is 0 Å². The van der Waals surface area contributed by atoms with Crippen LogP contribution in [-0.2, 0) is 0 Å². The molecule has 0 aliphatic heterocycles. The summed E-state index contributed by atoms with van der Waals surface area (Å²) in [6, 6.07) is 10.0. The Bertz CT molecular complexity index is 611. The number of nitrogens with one attached hydrogen (secondary N) is 2. The molecule has 2 aromatic rings. The van der Waals surface area contributed by atoms with E-state index in [1.165, 1.54) is 6.20 Å². The molecule has 1 aromatic heterocycles. The number of aromatic nitrogens is 1. The van der Waals surface area contributed by atoms with E-state index in [1.54, 1.807) is 42.6 Å². The van der Waals surface area contributed by atoms with Gasteiger partial charge in [-0.15, -0.1) is 0 Å². The van der Waals surface area contributed by atoms with E-state index in [9.17, 15) is 9.59 Å². The SMILES string of the molecule is Nc1ccc(C(=O)NCCNC(=O)c2cccnc2)cc1. The van der Waals surface area contributed by atoms with Gasteiger partial charge < -0.3 is 16.4 Å². The van der Waals surface area contributed by atoms with Crippen LogP contribution in [0.25, 0.3) is 0 Å². The maximum absolute atomic E-state index is 11.8. The Morgan fingerprint density at radius 3 is 2.14 bits per heavy atom. The largest absolute Gasteiger partial charge is 0.399 e. The molecule has 1 aromatic carbocycles. The van der Waals surface area contributed by atoms with E-state index >= 15 is 0 Å². The summed E-state index contributed by atoms with van der Waals surface area (Å²) >= 11 is 0. The summed E-state index contributed by atoms with van der Waals surface area (Å²) in [5.74, 6) is -0.421. The molecular formula is C15H16N4O2. The molecule has 4 N–H and O–H groups in total. The zero-order valence-electron chi connectivity index (χ0n) is 11.4. The molecule has 21 heavy (non-hydrogen) atoms. The molecule has 6 nitrogen and oxygen atoms in total. The first-order valence-corrected chi connectivity index (χ1v) is 6.49. The lowest BCUT2D eigenvalue weighted by Crippen LogP contribution is -2.34. The third-order valence-electron chi connectivity index (χ3n) is 2.79. The number of rotatable bonds is 5. The standard InChI is InChI=1S/C15H16N4O2/c16-13-5-3-11(4-6-13)14(20)18-8-9-19-15(21)12-2-1-7-17-10-12/h1-7,10H,8-9,16H2,(H,18,20)(H,19,21). The van der Waals surface area contributed by atoms with Crippen LogP contribution >= 0.6 is 0 Å². The predicted molar refractivity (Wildman–Crippen MR) is 79.8 cm³/mol. The van der Waals surface area contributed by atoms with Crippen LogP contribution in [0.2, 0.25) is 0 Å². The maximum Gasteiger partial charge on any atom is 0.252 e. The first-order chi connectivity index (χ1) is 10.2. The van der Waals surface area contributed by atoms with E-state index in [1.807, 2.05) is 0 Å². The number of anilines is 1. The lowest BCUT2D eigenvalue weighted by Gasteiger charge is -2.07.